The molecule has 2 N–H and O–H groups in total. The third kappa shape index (κ3) is 4.23. The number of carbonyl (C=O) groups is 1. The van der Waals surface area contributed by atoms with Gasteiger partial charge in [0, 0.05) is 32.7 Å². The quantitative estimate of drug-likeness (QED) is 0.870. The molecule has 142 valence electrons. The maximum Gasteiger partial charge on any atom is 0.239 e. The second kappa shape index (κ2) is 7.98. The van der Waals surface area contributed by atoms with Crippen LogP contribution in [0.4, 0.5) is 0 Å². The molecule has 1 amide bonds. The van der Waals surface area contributed by atoms with Gasteiger partial charge in [-0.3, -0.25) is 9.69 Å². The second-order valence-electron chi connectivity index (χ2n) is 7.09. The van der Waals surface area contributed by atoms with Crippen molar-refractivity contribution in [3.05, 3.63) is 59.7 Å². The fraction of sp³-hybridized carbons (Fsp3) is 0.381. The van der Waals surface area contributed by atoms with Gasteiger partial charge in [0.05, 0.1) is 6.04 Å². The molecule has 2 heterocycles. The Balaban J connectivity index is 1.27. The van der Waals surface area contributed by atoms with Crippen molar-refractivity contribution in [2.75, 3.05) is 33.0 Å². The van der Waals surface area contributed by atoms with Gasteiger partial charge >= 0.3 is 0 Å². The average Bonchev–Trinajstić information content (AvgIpc) is 3.16. The molecule has 1 atom stereocenters. The lowest BCUT2D eigenvalue weighted by molar-refractivity contribution is -0.134. The Kier molecular flexibility index (Phi) is 5.27. The van der Waals surface area contributed by atoms with E-state index in [2.05, 4.69) is 11.0 Å². The predicted molar refractivity (Wildman–Crippen MR) is 103 cm³/mol. The fourth-order valence-electron chi connectivity index (χ4n) is 3.61. The van der Waals surface area contributed by atoms with Crippen LogP contribution in [-0.4, -0.2) is 54.7 Å². The lowest BCUT2D eigenvalue weighted by Crippen LogP contribution is -2.53. The lowest BCUT2D eigenvalue weighted by Gasteiger charge is -2.36. The molecular formula is C21H25N3O3. The van der Waals surface area contributed by atoms with Crippen LogP contribution in [0.2, 0.25) is 0 Å². The van der Waals surface area contributed by atoms with E-state index in [9.17, 15) is 4.79 Å². The first-order valence-corrected chi connectivity index (χ1v) is 9.38. The van der Waals surface area contributed by atoms with Gasteiger partial charge in [-0.15, -0.1) is 0 Å². The van der Waals surface area contributed by atoms with Crippen molar-refractivity contribution in [2.24, 2.45) is 5.73 Å². The molecule has 6 heteroatoms. The highest BCUT2D eigenvalue weighted by atomic mass is 16.7. The number of carbonyl (C=O) groups excluding carboxylic acids is 1. The molecule has 2 aromatic rings. The van der Waals surface area contributed by atoms with Crippen molar-refractivity contribution >= 4 is 5.91 Å². The summed E-state index contributed by atoms with van der Waals surface area (Å²) in [5.74, 6) is 1.66. The van der Waals surface area contributed by atoms with E-state index in [1.54, 1.807) is 0 Å². The van der Waals surface area contributed by atoms with Gasteiger partial charge in [-0.2, -0.15) is 0 Å². The number of hydrogen-bond acceptors (Lipinski definition) is 5. The van der Waals surface area contributed by atoms with Crippen molar-refractivity contribution < 1.29 is 14.3 Å². The molecule has 0 saturated carbocycles. The molecule has 0 unspecified atom stereocenters. The van der Waals surface area contributed by atoms with Crippen molar-refractivity contribution in [3.8, 4) is 11.5 Å². The molecular weight excluding hydrogens is 342 g/mol. The maximum atomic E-state index is 12.6. The highest BCUT2D eigenvalue weighted by Gasteiger charge is 2.25. The molecule has 27 heavy (non-hydrogen) atoms. The van der Waals surface area contributed by atoms with Crippen LogP contribution in [0.3, 0.4) is 0 Å². The number of amides is 1. The van der Waals surface area contributed by atoms with Crippen LogP contribution in [0.5, 0.6) is 11.5 Å². The Bertz CT molecular complexity index is 789. The number of piperazine rings is 1. The second-order valence-corrected chi connectivity index (χ2v) is 7.09. The number of nitrogens with zero attached hydrogens (tertiary/aromatic N) is 2. The topological polar surface area (TPSA) is 68.0 Å². The Morgan fingerprint density at radius 3 is 2.48 bits per heavy atom. The first-order chi connectivity index (χ1) is 13.2. The van der Waals surface area contributed by atoms with Crippen LogP contribution in [0.25, 0.3) is 0 Å². The molecule has 6 nitrogen and oxygen atoms in total. The van der Waals surface area contributed by atoms with Gasteiger partial charge < -0.3 is 20.1 Å². The zero-order chi connectivity index (χ0) is 18.6. The summed E-state index contributed by atoms with van der Waals surface area (Å²) in [6.45, 7) is 4.26. The van der Waals surface area contributed by atoms with E-state index in [-0.39, 0.29) is 5.91 Å². The monoisotopic (exact) mass is 367 g/mol. The van der Waals surface area contributed by atoms with Gasteiger partial charge in [0.1, 0.15) is 0 Å². The zero-order valence-electron chi connectivity index (χ0n) is 15.3. The molecule has 2 aliphatic rings. The minimum absolute atomic E-state index is 0.0431. The molecule has 1 fully saturated rings. The Hall–Kier alpha value is -2.57. The summed E-state index contributed by atoms with van der Waals surface area (Å²) < 4.78 is 10.8. The Morgan fingerprint density at radius 2 is 1.70 bits per heavy atom. The summed E-state index contributed by atoms with van der Waals surface area (Å²) in [4.78, 5) is 16.9. The van der Waals surface area contributed by atoms with Gasteiger partial charge in [-0.1, -0.05) is 36.4 Å². The van der Waals surface area contributed by atoms with Crippen LogP contribution < -0.4 is 15.2 Å². The minimum atomic E-state index is -0.479. The zero-order valence-corrected chi connectivity index (χ0v) is 15.3. The third-order valence-corrected chi connectivity index (χ3v) is 5.14. The number of rotatable bonds is 5. The van der Waals surface area contributed by atoms with Gasteiger partial charge in [-0.05, 0) is 29.7 Å². The van der Waals surface area contributed by atoms with Crippen molar-refractivity contribution in [3.63, 3.8) is 0 Å². The Morgan fingerprint density at radius 1 is 0.963 bits per heavy atom. The first kappa shape index (κ1) is 17.8. The number of ether oxygens (including phenoxy) is 2. The molecule has 4 rings (SSSR count). The average molecular weight is 367 g/mol. The molecule has 0 spiro atoms. The molecule has 2 aliphatic heterocycles. The summed E-state index contributed by atoms with van der Waals surface area (Å²) in [6.07, 6.45) is 0.580. The summed E-state index contributed by atoms with van der Waals surface area (Å²) >= 11 is 0. The highest BCUT2D eigenvalue weighted by Crippen LogP contribution is 2.32. The molecule has 0 aromatic heterocycles. The molecule has 1 saturated heterocycles. The Labute approximate surface area is 159 Å². The van der Waals surface area contributed by atoms with E-state index < -0.39 is 6.04 Å². The summed E-state index contributed by atoms with van der Waals surface area (Å²) in [5, 5.41) is 0. The fourth-order valence-corrected chi connectivity index (χ4v) is 3.61. The van der Waals surface area contributed by atoms with E-state index in [1.807, 2.05) is 47.4 Å². The standard InChI is InChI=1S/C21H25N3O3/c22-18(12-16-4-2-1-3-5-16)21(25)24-10-8-23(9-11-24)14-17-6-7-19-20(13-17)27-15-26-19/h1-7,13,18H,8-12,14-15,22H2/t18-/m1/s1. The van der Waals surface area contributed by atoms with E-state index in [0.717, 1.165) is 36.7 Å². The van der Waals surface area contributed by atoms with Gasteiger partial charge in [0.25, 0.3) is 0 Å². The molecule has 0 aliphatic carbocycles. The van der Waals surface area contributed by atoms with E-state index in [0.29, 0.717) is 26.3 Å². The van der Waals surface area contributed by atoms with E-state index in [1.165, 1.54) is 5.56 Å². The van der Waals surface area contributed by atoms with Crippen molar-refractivity contribution in [1.29, 1.82) is 0 Å². The van der Waals surface area contributed by atoms with Gasteiger partial charge in [0.15, 0.2) is 11.5 Å². The summed E-state index contributed by atoms with van der Waals surface area (Å²) in [6, 6.07) is 15.5. The third-order valence-electron chi connectivity index (χ3n) is 5.14. The predicted octanol–water partition coefficient (Wildman–Crippen LogP) is 1.63. The van der Waals surface area contributed by atoms with Crippen LogP contribution in [0, 0.1) is 0 Å². The maximum absolute atomic E-state index is 12.6. The van der Waals surface area contributed by atoms with Crippen LogP contribution in [-0.2, 0) is 17.8 Å². The van der Waals surface area contributed by atoms with E-state index in [4.69, 9.17) is 15.2 Å². The van der Waals surface area contributed by atoms with Crippen molar-refractivity contribution in [1.82, 2.24) is 9.80 Å². The van der Waals surface area contributed by atoms with Crippen molar-refractivity contribution in [2.45, 2.75) is 19.0 Å². The van der Waals surface area contributed by atoms with Gasteiger partial charge in [0.2, 0.25) is 12.7 Å². The molecule has 0 radical (unpaired) electrons. The number of fused-ring (bicyclic) bond motifs is 1. The summed E-state index contributed by atoms with van der Waals surface area (Å²) in [7, 11) is 0. The summed E-state index contributed by atoms with van der Waals surface area (Å²) in [5.41, 5.74) is 8.45. The SMILES string of the molecule is N[C@H](Cc1ccccc1)C(=O)N1CCN(Cc2ccc3c(c2)OCO3)CC1. The number of nitrogens with two attached hydrogens (primary N) is 1. The largest absolute Gasteiger partial charge is 0.454 e. The van der Waals surface area contributed by atoms with E-state index >= 15 is 0 Å². The van der Waals surface area contributed by atoms with Crippen LogP contribution in [0.1, 0.15) is 11.1 Å². The lowest BCUT2D eigenvalue weighted by atomic mass is 10.1. The number of benzene rings is 2. The smallest absolute Gasteiger partial charge is 0.239 e. The van der Waals surface area contributed by atoms with Gasteiger partial charge in [-0.25, -0.2) is 0 Å². The number of hydrogen-bond donors (Lipinski definition) is 1. The molecule has 0 bridgehead atoms. The minimum Gasteiger partial charge on any atom is -0.454 e. The normalized spacial score (nSPS) is 17.7. The molecule has 2 aromatic carbocycles. The first-order valence-electron chi connectivity index (χ1n) is 9.38. The highest BCUT2D eigenvalue weighted by molar-refractivity contribution is 5.82. The van der Waals surface area contributed by atoms with Crippen LogP contribution in [0.15, 0.2) is 48.5 Å². The van der Waals surface area contributed by atoms with Crippen LogP contribution >= 0.6 is 0 Å².